The molecule has 0 aliphatic rings. The van der Waals surface area contributed by atoms with Crippen LogP contribution in [-0.4, -0.2) is 4.98 Å². The number of nitrogens with zero attached hydrogens (tertiary/aromatic N) is 1. The molecule has 0 saturated heterocycles. The standard InChI is InChI=1S/C22H13ClN2O/c23-20-8-4-3-7-17(20)18-12-21(25-22(26)19(18)13-24)16-10-9-14-5-1-2-6-15(14)11-16/h1-12H,(H,25,26). The summed E-state index contributed by atoms with van der Waals surface area (Å²) >= 11 is 6.29. The summed E-state index contributed by atoms with van der Waals surface area (Å²) in [5, 5.41) is 12.1. The number of nitrogens with one attached hydrogen (secondary N) is 1. The van der Waals surface area contributed by atoms with Crippen molar-refractivity contribution in [3.63, 3.8) is 0 Å². The van der Waals surface area contributed by atoms with Crippen molar-refractivity contribution in [3.05, 3.63) is 93.7 Å². The van der Waals surface area contributed by atoms with E-state index in [1.54, 1.807) is 6.07 Å². The molecule has 0 unspecified atom stereocenters. The molecule has 124 valence electrons. The normalized spacial score (nSPS) is 10.6. The number of nitriles is 1. The third-order valence-electron chi connectivity index (χ3n) is 4.37. The number of benzene rings is 3. The van der Waals surface area contributed by atoms with Gasteiger partial charge >= 0.3 is 0 Å². The minimum absolute atomic E-state index is 0.0580. The van der Waals surface area contributed by atoms with Crippen molar-refractivity contribution in [1.29, 1.82) is 5.26 Å². The quantitative estimate of drug-likeness (QED) is 0.523. The van der Waals surface area contributed by atoms with E-state index in [4.69, 9.17) is 11.6 Å². The Morgan fingerprint density at radius 3 is 2.35 bits per heavy atom. The molecule has 0 aliphatic heterocycles. The number of aromatic nitrogens is 1. The van der Waals surface area contributed by atoms with Gasteiger partial charge in [-0.3, -0.25) is 4.79 Å². The van der Waals surface area contributed by atoms with Gasteiger partial charge in [0.1, 0.15) is 11.6 Å². The van der Waals surface area contributed by atoms with Crippen LogP contribution in [0.25, 0.3) is 33.2 Å². The van der Waals surface area contributed by atoms with Gasteiger partial charge in [-0.15, -0.1) is 0 Å². The maximum absolute atomic E-state index is 12.5. The van der Waals surface area contributed by atoms with Crippen LogP contribution in [0.4, 0.5) is 0 Å². The van der Waals surface area contributed by atoms with Gasteiger partial charge in [0.2, 0.25) is 0 Å². The van der Waals surface area contributed by atoms with Gasteiger partial charge in [0.15, 0.2) is 0 Å². The van der Waals surface area contributed by atoms with Gasteiger partial charge in [-0.25, -0.2) is 0 Å². The number of aromatic amines is 1. The van der Waals surface area contributed by atoms with Crippen molar-refractivity contribution in [3.8, 4) is 28.5 Å². The first-order valence-electron chi connectivity index (χ1n) is 8.09. The molecule has 1 aromatic heterocycles. The monoisotopic (exact) mass is 356 g/mol. The maximum atomic E-state index is 12.5. The second-order valence-electron chi connectivity index (χ2n) is 5.95. The van der Waals surface area contributed by atoms with Gasteiger partial charge in [0, 0.05) is 21.8 Å². The Kier molecular flexibility index (Phi) is 4.04. The number of H-pyrrole nitrogens is 1. The SMILES string of the molecule is N#Cc1c(-c2ccccc2Cl)cc(-c2ccc3ccccc3c2)[nH]c1=O. The Morgan fingerprint density at radius 2 is 1.58 bits per heavy atom. The van der Waals surface area contributed by atoms with Gasteiger partial charge in [-0.05, 0) is 34.5 Å². The highest BCUT2D eigenvalue weighted by Gasteiger charge is 2.14. The molecule has 1 heterocycles. The molecule has 4 heteroatoms. The molecule has 0 fully saturated rings. The zero-order chi connectivity index (χ0) is 18.1. The maximum Gasteiger partial charge on any atom is 0.266 e. The van der Waals surface area contributed by atoms with Gasteiger partial charge in [-0.1, -0.05) is 66.2 Å². The van der Waals surface area contributed by atoms with E-state index in [0.29, 0.717) is 21.8 Å². The average Bonchev–Trinajstić information content (AvgIpc) is 2.67. The van der Waals surface area contributed by atoms with E-state index in [-0.39, 0.29) is 5.56 Å². The van der Waals surface area contributed by atoms with Crippen molar-refractivity contribution in [2.75, 3.05) is 0 Å². The van der Waals surface area contributed by atoms with Crippen molar-refractivity contribution >= 4 is 22.4 Å². The Bertz CT molecular complexity index is 1230. The molecule has 0 spiro atoms. The molecule has 3 nitrogen and oxygen atoms in total. The fourth-order valence-corrected chi connectivity index (χ4v) is 3.31. The minimum Gasteiger partial charge on any atom is -0.321 e. The van der Waals surface area contributed by atoms with Crippen LogP contribution in [-0.2, 0) is 0 Å². The lowest BCUT2D eigenvalue weighted by Crippen LogP contribution is -2.12. The fraction of sp³-hybridized carbons (Fsp3) is 0. The van der Waals surface area contributed by atoms with Crippen LogP contribution in [0, 0.1) is 11.3 Å². The van der Waals surface area contributed by atoms with E-state index < -0.39 is 5.56 Å². The summed E-state index contributed by atoms with van der Waals surface area (Å²) in [7, 11) is 0. The number of rotatable bonds is 2. The number of halogens is 1. The van der Waals surface area contributed by atoms with E-state index in [2.05, 4.69) is 4.98 Å². The average molecular weight is 357 g/mol. The summed E-state index contributed by atoms with van der Waals surface area (Å²) in [6.07, 6.45) is 0. The Labute approximate surface area is 155 Å². The summed E-state index contributed by atoms with van der Waals surface area (Å²) < 4.78 is 0. The van der Waals surface area contributed by atoms with Crippen LogP contribution >= 0.6 is 11.6 Å². The Balaban J connectivity index is 1.97. The first kappa shape index (κ1) is 16.1. The van der Waals surface area contributed by atoms with E-state index in [1.165, 1.54) is 0 Å². The van der Waals surface area contributed by atoms with Gasteiger partial charge in [0.05, 0.1) is 0 Å². The first-order chi connectivity index (χ1) is 12.7. The summed E-state index contributed by atoms with van der Waals surface area (Å²) in [5.74, 6) is 0. The van der Waals surface area contributed by atoms with Crippen molar-refractivity contribution in [2.24, 2.45) is 0 Å². The summed E-state index contributed by atoms with van der Waals surface area (Å²) in [6, 6.07) is 25.0. The Morgan fingerprint density at radius 1 is 0.846 bits per heavy atom. The molecule has 4 aromatic rings. The van der Waals surface area contributed by atoms with Crippen LogP contribution in [0.2, 0.25) is 5.02 Å². The number of fused-ring (bicyclic) bond motifs is 1. The second kappa shape index (κ2) is 6.51. The summed E-state index contributed by atoms with van der Waals surface area (Å²) in [4.78, 5) is 15.3. The number of hydrogen-bond donors (Lipinski definition) is 1. The molecule has 0 bridgehead atoms. The molecule has 0 saturated carbocycles. The summed E-state index contributed by atoms with van der Waals surface area (Å²) in [5.41, 5.74) is 2.35. The van der Waals surface area contributed by atoms with Gasteiger partial charge in [0.25, 0.3) is 5.56 Å². The summed E-state index contributed by atoms with van der Waals surface area (Å²) in [6.45, 7) is 0. The van der Waals surface area contributed by atoms with Gasteiger partial charge in [-0.2, -0.15) is 5.26 Å². The van der Waals surface area contributed by atoms with Crippen LogP contribution in [0.1, 0.15) is 5.56 Å². The molecular formula is C22H13ClN2O. The highest BCUT2D eigenvalue weighted by atomic mass is 35.5. The number of pyridine rings is 1. The van der Waals surface area contributed by atoms with Crippen LogP contribution in [0.3, 0.4) is 0 Å². The lowest BCUT2D eigenvalue weighted by atomic mass is 9.98. The fourth-order valence-electron chi connectivity index (χ4n) is 3.08. The highest BCUT2D eigenvalue weighted by Crippen LogP contribution is 2.32. The molecule has 0 amide bonds. The molecule has 0 atom stereocenters. The lowest BCUT2D eigenvalue weighted by molar-refractivity contribution is 1.22. The van der Waals surface area contributed by atoms with E-state index in [1.807, 2.05) is 72.8 Å². The van der Waals surface area contributed by atoms with Gasteiger partial charge < -0.3 is 4.98 Å². The van der Waals surface area contributed by atoms with E-state index in [9.17, 15) is 10.1 Å². The molecule has 1 N–H and O–H groups in total. The smallest absolute Gasteiger partial charge is 0.266 e. The largest absolute Gasteiger partial charge is 0.321 e. The Hall–Kier alpha value is -3.35. The van der Waals surface area contributed by atoms with E-state index in [0.717, 1.165) is 16.3 Å². The topological polar surface area (TPSA) is 56.6 Å². The molecule has 0 radical (unpaired) electrons. The molecule has 26 heavy (non-hydrogen) atoms. The molecule has 4 rings (SSSR count). The van der Waals surface area contributed by atoms with Crippen LogP contribution in [0.15, 0.2) is 77.6 Å². The highest BCUT2D eigenvalue weighted by molar-refractivity contribution is 6.33. The van der Waals surface area contributed by atoms with E-state index >= 15 is 0 Å². The van der Waals surface area contributed by atoms with Crippen molar-refractivity contribution < 1.29 is 0 Å². The third kappa shape index (κ3) is 2.77. The second-order valence-corrected chi connectivity index (χ2v) is 6.36. The lowest BCUT2D eigenvalue weighted by Gasteiger charge is -2.10. The van der Waals surface area contributed by atoms with Crippen molar-refractivity contribution in [2.45, 2.75) is 0 Å². The minimum atomic E-state index is -0.423. The van der Waals surface area contributed by atoms with Crippen LogP contribution < -0.4 is 5.56 Å². The first-order valence-corrected chi connectivity index (χ1v) is 8.46. The zero-order valence-corrected chi connectivity index (χ0v) is 14.4. The van der Waals surface area contributed by atoms with Crippen molar-refractivity contribution in [1.82, 2.24) is 4.98 Å². The number of hydrogen-bond acceptors (Lipinski definition) is 2. The molecule has 0 aliphatic carbocycles. The molecular weight excluding hydrogens is 344 g/mol. The van der Waals surface area contributed by atoms with Crippen LogP contribution in [0.5, 0.6) is 0 Å². The predicted molar refractivity (Wildman–Crippen MR) is 105 cm³/mol. The third-order valence-corrected chi connectivity index (χ3v) is 4.70. The zero-order valence-electron chi connectivity index (χ0n) is 13.7. The predicted octanol–water partition coefficient (Wildman–Crippen LogP) is 5.39. The molecule has 3 aromatic carbocycles.